The molecule has 1 N–H and O–H groups in total. The van der Waals surface area contributed by atoms with E-state index < -0.39 is 0 Å². The average molecular weight is 250 g/mol. The number of hydrogen-bond acceptors (Lipinski definition) is 2. The Morgan fingerprint density at radius 1 is 1.47 bits per heavy atom. The molecule has 0 aliphatic heterocycles. The Balaban J connectivity index is 2.10. The molecule has 0 bridgehead atoms. The van der Waals surface area contributed by atoms with Crippen LogP contribution in [0.25, 0.3) is 0 Å². The summed E-state index contributed by atoms with van der Waals surface area (Å²) in [7, 11) is 0. The molecule has 0 saturated carbocycles. The van der Waals surface area contributed by atoms with Crippen LogP contribution in [0.5, 0.6) is 0 Å². The number of rotatable bonds is 2. The molecule has 0 saturated heterocycles. The molecule has 1 heterocycles. The highest BCUT2D eigenvalue weighted by molar-refractivity contribution is 6.31. The topological polar surface area (TPSA) is 46.9 Å². The van der Waals surface area contributed by atoms with Crippen LogP contribution in [-0.4, -0.2) is 15.6 Å². The van der Waals surface area contributed by atoms with E-state index in [9.17, 15) is 4.79 Å². The largest absolute Gasteiger partial charge is 0.331 e. The van der Waals surface area contributed by atoms with Crippen LogP contribution in [0.4, 0.5) is 4.79 Å². The summed E-state index contributed by atoms with van der Waals surface area (Å²) in [6.45, 7) is 1.88. The van der Waals surface area contributed by atoms with Crippen LogP contribution in [-0.2, 0) is 0 Å². The quantitative estimate of drug-likeness (QED) is 0.890. The third-order valence-electron chi connectivity index (χ3n) is 2.45. The molecule has 0 aliphatic rings. The Kier molecular flexibility index (Phi) is 3.44. The van der Waals surface area contributed by atoms with E-state index in [4.69, 9.17) is 11.6 Å². The van der Waals surface area contributed by atoms with Gasteiger partial charge in [0.2, 0.25) is 0 Å². The molecule has 5 heteroatoms. The molecule has 0 unspecified atom stereocenters. The molecule has 1 aromatic heterocycles. The van der Waals surface area contributed by atoms with Gasteiger partial charge >= 0.3 is 6.03 Å². The highest BCUT2D eigenvalue weighted by atomic mass is 35.5. The minimum Gasteiger partial charge on any atom is -0.331 e. The Bertz CT molecular complexity index is 510. The minimum absolute atomic E-state index is 0.154. The lowest BCUT2D eigenvalue weighted by atomic mass is 10.1. The first kappa shape index (κ1) is 11.7. The summed E-state index contributed by atoms with van der Waals surface area (Å²) in [5.41, 5.74) is 0.891. The lowest BCUT2D eigenvalue weighted by molar-refractivity contribution is 0.239. The van der Waals surface area contributed by atoms with Gasteiger partial charge in [0.05, 0.1) is 6.04 Å². The van der Waals surface area contributed by atoms with Crippen molar-refractivity contribution >= 4 is 17.6 Å². The molecule has 1 aromatic carbocycles. The first-order valence-electron chi connectivity index (χ1n) is 5.21. The Hall–Kier alpha value is -1.81. The van der Waals surface area contributed by atoms with Crippen molar-refractivity contribution in [2.45, 2.75) is 13.0 Å². The van der Waals surface area contributed by atoms with Crippen LogP contribution in [0.2, 0.25) is 5.02 Å². The van der Waals surface area contributed by atoms with Gasteiger partial charge in [-0.15, -0.1) is 0 Å². The molecule has 0 spiro atoms. The zero-order chi connectivity index (χ0) is 12.3. The fourth-order valence-corrected chi connectivity index (χ4v) is 1.84. The minimum atomic E-state index is -0.227. The zero-order valence-corrected chi connectivity index (χ0v) is 10.1. The maximum atomic E-state index is 11.8. The van der Waals surface area contributed by atoms with Gasteiger partial charge in [0.1, 0.15) is 6.33 Å². The maximum Gasteiger partial charge on any atom is 0.327 e. The number of hydrogen-bond donors (Lipinski definition) is 1. The number of carbonyl (C=O) groups excluding carboxylic acids is 1. The van der Waals surface area contributed by atoms with E-state index in [2.05, 4.69) is 10.3 Å². The molecular formula is C12H12ClN3O. The fourth-order valence-electron chi connectivity index (χ4n) is 1.54. The number of nitrogens with one attached hydrogen (secondary N) is 1. The molecule has 1 atom stereocenters. The van der Waals surface area contributed by atoms with Crippen molar-refractivity contribution in [3.05, 3.63) is 53.6 Å². The van der Waals surface area contributed by atoms with Crippen molar-refractivity contribution in [2.24, 2.45) is 0 Å². The predicted octanol–water partition coefficient (Wildman–Crippen LogP) is 2.86. The second-order valence-corrected chi connectivity index (χ2v) is 4.07. The fraction of sp³-hybridized carbons (Fsp3) is 0.167. The second-order valence-electron chi connectivity index (χ2n) is 3.66. The normalized spacial score (nSPS) is 12.1. The van der Waals surface area contributed by atoms with Crippen LogP contribution in [0.1, 0.15) is 18.5 Å². The van der Waals surface area contributed by atoms with Crippen LogP contribution < -0.4 is 5.32 Å². The van der Waals surface area contributed by atoms with Gasteiger partial charge in [0, 0.05) is 17.4 Å². The van der Waals surface area contributed by atoms with Gasteiger partial charge in [-0.1, -0.05) is 29.8 Å². The monoisotopic (exact) mass is 249 g/mol. The molecule has 4 nitrogen and oxygen atoms in total. The SMILES string of the molecule is C[C@@H](NC(=O)n1ccnc1)c1ccccc1Cl. The Morgan fingerprint density at radius 3 is 2.88 bits per heavy atom. The summed E-state index contributed by atoms with van der Waals surface area (Å²) in [6, 6.07) is 7.06. The molecule has 88 valence electrons. The van der Waals surface area contributed by atoms with Crippen molar-refractivity contribution in [2.75, 3.05) is 0 Å². The zero-order valence-electron chi connectivity index (χ0n) is 9.30. The lowest BCUT2D eigenvalue weighted by Gasteiger charge is -2.15. The molecule has 2 aromatic rings. The van der Waals surface area contributed by atoms with Crippen LogP contribution in [0.3, 0.4) is 0 Å². The van der Waals surface area contributed by atoms with Crippen molar-refractivity contribution in [1.29, 1.82) is 0 Å². The third-order valence-corrected chi connectivity index (χ3v) is 2.79. The summed E-state index contributed by atoms with van der Waals surface area (Å²) in [6.07, 6.45) is 4.60. The van der Waals surface area contributed by atoms with E-state index in [0.717, 1.165) is 5.56 Å². The number of imidazole rings is 1. The van der Waals surface area contributed by atoms with Gasteiger partial charge < -0.3 is 5.32 Å². The van der Waals surface area contributed by atoms with Gasteiger partial charge in [-0.2, -0.15) is 0 Å². The summed E-state index contributed by atoms with van der Waals surface area (Å²) < 4.78 is 1.38. The maximum absolute atomic E-state index is 11.8. The van der Waals surface area contributed by atoms with E-state index in [-0.39, 0.29) is 12.1 Å². The van der Waals surface area contributed by atoms with E-state index >= 15 is 0 Å². The number of nitrogens with zero attached hydrogens (tertiary/aromatic N) is 2. The van der Waals surface area contributed by atoms with Gasteiger partial charge in [-0.05, 0) is 18.6 Å². The highest BCUT2D eigenvalue weighted by Gasteiger charge is 2.12. The smallest absolute Gasteiger partial charge is 0.327 e. The average Bonchev–Trinajstić information content (AvgIpc) is 2.82. The molecule has 17 heavy (non-hydrogen) atoms. The molecule has 1 amide bonds. The number of aromatic nitrogens is 2. The van der Waals surface area contributed by atoms with Gasteiger partial charge in [0.15, 0.2) is 0 Å². The van der Waals surface area contributed by atoms with Crippen molar-refractivity contribution < 1.29 is 4.79 Å². The van der Waals surface area contributed by atoms with Crippen LogP contribution >= 0.6 is 11.6 Å². The number of amides is 1. The van der Waals surface area contributed by atoms with Gasteiger partial charge in [0.25, 0.3) is 0 Å². The lowest BCUT2D eigenvalue weighted by Crippen LogP contribution is -2.30. The number of benzene rings is 1. The predicted molar refractivity (Wildman–Crippen MR) is 66.0 cm³/mol. The number of halogens is 1. The van der Waals surface area contributed by atoms with Gasteiger partial charge in [-0.3, -0.25) is 4.57 Å². The molecular weight excluding hydrogens is 238 g/mol. The van der Waals surface area contributed by atoms with E-state index in [1.54, 1.807) is 18.5 Å². The van der Waals surface area contributed by atoms with Crippen LogP contribution in [0.15, 0.2) is 43.0 Å². The second kappa shape index (κ2) is 5.01. The summed E-state index contributed by atoms with van der Waals surface area (Å²) in [5.74, 6) is 0. The van der Waals surface area contributed by atoms with Crippen molar-refractivity contribution in [1.82, 2.24) is 14.9 Å². The molecule has 0 fully saturated rings. The first-order chi connectivity index (χ1) is 8.18. The number of carbonyl (C=O) groups is 1. The van der Waals surface area contributed by atoms with Crippen LogP contribution in [0, 0.1) is 0 Å². The van der Waals surface area contributed by atoms with Crippen molar-refractivity contribution in [3.8, 4) is 0 Å². The molecule has 0 radical (unpaired) electrons. The van der Waals surface area contributed by atoms with E-state index in [0.29, 0.717) is 5.02 Å². The Morgan fingerprint density at radius 2 is 2.24 bits per heavy atom. The third kappa shape index (κ3) is 2.65. The van der Waals surface area contributed by atoms with E-state index in [1.807, 2.05) is 25.1 Å². The summed E-state index contributed by atoms with van der Waals surface area (Å²) in [5, 5.41) is 3.48. The standard InChI is InChI=1S/C12H12ClN3O/c1-9(10-4-2-3-5-11(10)13)15-12(17)16-7-6-14-8-16/h2-9H,1H3,(H,15,17)/t9-/m1/s1. The van der Waals surface area contributed by atoms with Crippen molar-refractivity contribution in [3.63, 3.8) is 0 Å². The summed E-state index contributed by atoms with van der Waals surface area (Å²) >= 11 is 6.06. The molecule has 0 aliphatic carbocycles. The highest BCUT2D eigenvalue weighted by Crippen LogP contribution is 2.21. The van der Waals surface area contributed by atoms with Gasteiger partial charge in [-0.25, -0.2) is 9.78 Å². The molecule has 2 rings (SSSR count). The Labute approximate surface area is 104 Å². The first-order valence-corrected chi connectivity index (χ1v) is 5.59. The van der Waals surface area contributed by atoms with E-state index in [1.165, 1.54) is 10.9 Å². The summed E-state index contributed by atoms with van der Waals surface area (Å²) in [4.78, 5) is 15.6.